The minimum Gasteiger partial charge on any atom is -0.506 e. The molecule has 0 spiro atoms. The summed E-state index contributed by atoms with van der Waals surface area (Å²) in [6.45, 7) is 5.53. The molecule has 3 N–H and O–H groups in total. The minimum atomic E-state index is -0.739. The summed E-state index contributed by atoms with van der Waals surface area (Å²) < 4.78 is 17.3. The van der Waals surface area contributed by atoms with Crippen molar-refractivity contribution in [1.29, 1.82) is 0 Å². The fraction of sp³-hybridized carbons (Fsp3) is 0.190. The molecule has 0 aliphatic carbocycles. The highest BCUT2D eigenvalue weighted by molar-refractivity contribution is 5.94. The molecule has 1 atom stereocenters. The maximum Gasteiger partial charge on any atom is 0.265 e. The van der Waals surface area contributed by atoms with E-state index in [4.69, 9.17) is 9.57 Å². The van der Waals surface area contributed by atoms with Gasteiger partial charge in [0, 0.05) is 23.6 Å². The van der Waals surface area contributed by atoms with E-state index in [1.807, 2.05) is 38.0 Å². The van der Waals surface area contributed by atoms with Crippen LogP contribution >= 0.6 is 0 Å². The van der Waals surface area contributed by atoms with Crippen LogP contribution in [-0.4, -0.2) is 17.1 Å². The van der Waals surface area contributed by atoms with Gasteiger partial charge in [0.1, 0.15) is 23.4 Å². The van der Waals surface area contributed by atoms with E-state index in [-0.39, 0.29) is 17.3 Å². The Labute approximate surface area is 162 Å². The van der Waals surface area contributed by atoms with Crippen molar-refractivity contribution in [1.82, 2.24) is 0 Å². The van der Waals surface area contributed by atoms with Gasteiger partial charge < -0.3 is 20.0 Å². The lowest BCUT2D eigenvalue weighted by molar-refractivity contribution is -0.122. The zero-order chi connectivity index (χ0) is 20.5. The predicted octanol–water partition coefficient (Wildman–Crippen LogP) is 3.65. The number of amides is 1. The van der Waals surface area contributed by atoms with Gasteiger partial charge in [0.2, 0.25) is 0 Å². The number of halogens is 1. The van der Waals surface area contributed by atoms with Crippen molar-refractivity contribution in [2.75, 3.05) is 10.8 Å². The van der Waals surface area contributed by atoms with E-state index in [0.29, 0.717) is 11.4 Å². The molecule has 1 unspecified atom stereocenters. The van der Waals surface area contributed by atoms with Gasteiger partial charge in [-0.15, -0.1) is 4.39 Å². The molecule has 2 rings (SSSR count). The zero-order valence-corrected chi connectivity index (χ0v) is 15.6. The first-order valence-electron chi connectivity index (χ1n) is 8.31. The summed E-state index contributed by atoms with van der Waals surface area (Å²) in [6, 6.07) is 10.1. The second-order valence-corrected chi connectivity index (χ2v) is 5.90. The fourth-order valence-electron chi connectivity index (χ4n) is 2.27. The number of aryl methyl sites for hydroxylation is 2. The molecule has 0 heterocycles. The summed E-state index contributed by atoms with van der Waals surface area (Å²) in [5.74, 6) is 4.01. The lowest BCUT2D eigenvalue weighted by Crippen LogP contribution is -2.30. The Bertz CT molecular complexity index is 983. The number of carbonyl (C=O) groups is 1. The second-order valence-electron chi connectivity index (χ2n) is 5.90. The van der Waals surface area contributed by atoms with Crippen LogP contribution in [-0.2, 0) is 9.63 Å². The van der Waals surface area contributed by atoms with Crippen LogP contribution in [0.2, 0.25) is 0 Å². The predicted molar refractivity (Wildman–Crippen MR) is 104 cm³/mol. The summed E-state index contributed by atoms with van der Waals surface area (Å²) in [5.41, 5.74) is 5.00. The normalized spacial score (nSPS) is 10.4. The molecule has 0 aliphatic rings. The van der Waals surface area contributed by atoms with Gasteiger partial charge in [0.15, 0.2) is 12.2 Å². The van der Waals surface area contributed by atoms with Crippen molar-refractivity contribution in [2.24, 2.45) is 0 Å². The summed E-state index contributed by atoms with van der Waals surface area (Å²) in [5, 5.41) is 12.6. The first-order valence-corrected chi connectivity index (χ1v) is 8.31. The van der Waals surface area contributed by atoms with Crippen LogP contribution in [0.4, 0.5) is 15.8 Å². The molecule has 0 aliphatic heterocycles. The summed E-state index contributed by atoms with van der Waals surface area (Å²) in [7, 11) is 0. The third-order valence-electron chi connectivity index (χ3n) is 3.64. The Morgan fingerprint density at radius 3 is 2.64 bits per heavy atom. The smallest absolute Gasteiger partial charge is 0.265 e. The number of rotatable bonds is 6. The maximum atomic E-state index is 12.3. The number of phenols is 1. The topological polar surface area (TPSA) is 79.8 Å². The van der Waals surface area contributed by atoms with Crippen molar-refractivity contribution < 1.29 is 23.9 Å². The van der Waals surface area contributed by atoms with E-state index in [0.717, 1.165) is 17.3 Å². The SMILES string of the molecule is Cc1ccc(OC(C)C(=O)Nc2ccc(NOC#CC#CF)c(O)c2)c(C)c1. The standard InChI is InChI=1S/C21H19FN2O4/c1-14-6-9-20(15(2)12-14)28-16(3)21(26)23-17-7-8-18(19(25)13-17)24-27-11-5-4-10-22/h6-9,12-13,16,24-25H,1-3H3,(H,23,26). The third kappa shape index (κ3) is 5.86. The van der Waals surface area contributed by atoms with Gasteiger partial charge in [-0.1, -0.05) is 17.7 Å². The van der Waals surface area contributed by atoms with Crippen molar-refractivity contribution in [3.05, 3.63) is 47.5 Å². The van der Waals surface area contributed by atoms with Crippen LogP contribution in [0, 0.1) is 38.0 Å². The number of ether oxygens (including phenoxy) is 1. The number of aromatic hydroxyl groups is 1. The van der Waals surface area contributed by atoms with Crippen LogP contribution in [0.1, 0.15) is 18.1 Å². The number of hydrogen-bond acceptors (Lipinski definition) is 5. The number of benzene rings is 2. The first kappa shape index (κ1) is 20.5. The third-order valence-corrected chi connectivity index (χ3v) is 3.64. The maximum absolute atomic E-state index is 12.3. The van der Waals surface area contributed by atoms with Crippen molar-refractivity contribution >= 4 is 17.3 Å². The van der Waals surface area contributed by atoms with Crippen LogP contribution in [0.25, 0.3) is 0 Å². The molecule has 2 aromatic carbocycles. The molecule has 144 valence electrons. The van der Waals surface area contributed by atoms with Crippen LogP contribution in [0.3, 0.4) is 0 Å². The van der Waals surface area contributed by atoms with Gasteiger partial charge >= 0.3 is 0 Å². The highest BCUT2D eigenvalue weighted by Crippen LogP contribution is 2.27. The fourth-order valence-corrected chi connectivity index (χ4v) is 2.27. The molecule has 1 amide bonds. The Balaban J connectivity index is 1.96. The lowest BCUT2D eigenvalue weighted by Gasteiger charge is -2.17. The van der Waals surface area contributed by atoms with Gasteiger partial charge in [-0.25, -0.2) is 5.48 Å². The van der Waals surface area contributed by atoms with E-state index >= 15 is 0 Å². The Morgan fingerprint density at radius 1 is 1.18 bits per heavy atom. The van der Waals surface area contributed by atoms with E-state index in [1.54, 1.807) is 13.0 Å². The molecule has 0 bridgehead atoms. The number of carbonyl (C=O) groups excluding carboxylic acids is 1. The van der Waals surface area contributed by atoms with Crippen molar-refractivity contribution in [2.45, 2.75) is 26.9 Å². The minimum absolute atomic E-state index is 0.181. The average molecular weight is 382 g/mol. The van der Waals surface area contributed by atoms with Gasteiger partial charge in [-0.05, 0) is 44.5 Å². The molecule has 0 saturated carbocycles. The molecule has 28 heavy (non-hydrogen) atoms. The Morgan fingerprint density at radius 2 is 1.96 bits per heavy atom. The summed E-state index contributed by atoms with van der Waals surface area (Å²) >= 11 is 0. The van der Waals surface area contributed by atoms with Gasteiger partial charge in [0.25, 0.3) is 5.91 Å². The Kier molecular flexibility index (Phi) is 7.13. The van der Waals surface area contributed by atoms with Crippen molar-refractivity contribution in [3.63, 3.8) is 0 Å². The molecule has 0 fully saturated rings. The van der Waals surface area contributed by atoms with Crippen LogP contribution in [0.15, 0.2) is 36.4 Å². The molecule has 6 nitrogen and oxygen atoms in total. The summed E-state index contributed by atoms with van der Waals surface area (Å²) in [4.78, 5) is 17.0. The molecule has 0 aromatic heterocycles. The van der Waals surface area contributed by atoms with Gasteiger partial charge in [-0.2, -0.15) is 0 Å². The largest absolute Gasteiger partial charge is 0.506 e. The quantitative estimate of drug-likeness (QED) is 0.404. The van der Waals surface area contributed by atoms with Crippen LogP contribution < -0.4 is 15.5 Å². The molecular weight excluding hydrogens is 363 g/mol. The van der Waals surface area contributed by atoms with Gasteiger partial charge in [-0.3, -0.25) is 4.79 Å². The average Bonchev–Trinajstić information content (AvgIpc) is 2.65. The first-order chi connectivity index (χ1) is 13.4. The van der Waals surface area contributed by atoms with Crippen LogP contribution in [0.5, 0.6) is 11.5 Å². The molecule has 2 aromatic rings. The Hall–Kier alpha value is -3.84. The van der Waals surface area contributed by atoms with E-state index in [1.165, 1.54) is 12.1 Å². The molecular formula is C21H19FN2O4. The molecule has 0 saturated heterocycles. The second kappa shape index (κ2) is 9.75. The van der Waals surface area contributed by atoms with Crippen molar-refractivity contribution in [3.8, 4) is 35.6 Å². The number of phenolic OH excluding ortho intramolecular Hbond substituents is 1. The number of hydrogen-bond donors (Lipinski definition) is 3. The van der Waals surface area contributed by atoms with E-state index < -0.39 is 6.10 Å². The number of anilines is 2. The molecule has 7 heteroatoms. The zero-order valence-electron chi connectivity index (χ0n) is 15.6. The highest BCUT2D eigenvalue weighted by Gasteiger charge is 2.16. The molecule has 0 radical (unpaired) electrons. The lowest BCUT2D eigenvalue weighted by atomic mass is 10.1. The monoisotopic (exact) mass is 382 g/mol. The summed E-state index contributed by atoms with van der Waals surface area (Å²) in [6.07, 6.45) is 2.45. The van der Waals surface area contributed by atoms with E-state index in [2.05, 4.69) is 22.8 Å². The van der Waals surface area contributed by atoms with Gasteiger partial charge in [0.05, 0.1) is 0 Å². The van der Waals surface area contributed by atoms with E-state index in [9.17, 15) is 14.3 Å². The number of nitrogens with one attached hydrogen (secondary N) is 2. The highest BCUT2D eigenvalue weighted by atomic mass is 19.1.